The number of halogens is 8. The Kier molecular flexibility index (Phi) is 6.88. The molecule has 1 aromatic heterocycles. The number of imide groups is 1. The van der Waals surface area contributed by atoms with Crippen LogP contribution in [0.3, 0.4) is 0 Å². The minimum absolute atomic E-state index is 0.0682. The average Bonchev–Trinajstić information content (AvgIpc) is 3.51. The molecule has 1 saturated carbocycles. The molecule has 37 heavy (non-hydrogen) atoms. The van der Waals surface area contributed by atoms with Crippen molar-refractivity contribution in [1.29, 1.82) is 0 Å². The van der Waals surface area contributed by atoms with Crippen molar-refractivity contribution in [1.82, 2.24) is 10.0 Å². The summed E-state index contributed by atoms with van der Waals surface area (Å²) in [5.74, 6) is -6.43. The van der Waals surface area contributed by atoms with Crippen LogP contribution >= 0.6 is 104 Å². The highest BCUT2D eigenvalue weighted by molar-refractivity contribution is 7.12. The second kappa shape index (κ2) is 9.15. The standard InChI is InChI=1S/C22H10Cl8N2O4S/c23-8-3-4-9(10(24)6-8)17(34)31(7-11(33)12-2-1-5-37-12)32-18(35)13-14(19(32)36)21(28)16(26)15(25)20(13,27)22(21,29)30/h1-6,13-14H,7H2/t13-,14-,20+,21+/m0/s1. The summed E-state index contributed by atoms with van der Waals surface area (Å²) in [6.07, 6.45) is 0. The number of alkyl halides is 4. The number of hydrogen-bond donors (Lipinski definition) is 0. The largest absolute Gasteiger partial charge is 0.291 e. The van der Waals surface area contributed by atoms with Gasteiger partial charge in [-0.25, -0.2) is 5.01 Å². The molecule has 0 unspecified atom stereocenters. The molecule has 5 rings (SSSR count). The molecule has 3 aliphatic rings. The van der Waals surface area contributed by atoms with E-state index in [9.17, 15) is 19.2 Å². The lowest BCUT2D eigenvalue weighted by atomic mass is 9.84. The van der Waals surface area contributed by atoms with Crippen LogP contribution in [0.1, 0.15) is 20.0 Å². The van der Waals surface area contributed by atoms with Gasteiger partial charge in [0.05, 0.1) is 37.4 Å². The SMILES string of the molecule is O=C(CN(C(=O)c1ccc(Cl)cc1Cl)N1C(=O)[C@@H]2[C@@H](C1=O)[C@@]1(Cl)C(Cl)=C(Cl)[C@@]2(Cl)C1(Cl)Cl)c1cccs1. The molecule has 1 saturated heterocycles. The van der Waals surface area contributed by atoms with Crippen molar-refractivity contribution in [2.75, 3.05) is 6.54 Å². The second-order valence-electron chi connectivity index (χ2n) is 8.46. The average molecular weight is 682 g/mol. The smallest absolute Gasteiger partial charge is 0.274 e. The molecule has 1 aromatic carbocycles. The Morgan fingerprint density at radius 3 is 1.97 bits per heavy atom. The van der Waals surface area contributed by atoms with Gasteiger partial charge in [-0.1, -0.05) is 75.7 Å². The molecule has 4 atom stereocenters. The van der Waals surface area contributed by atoms with Crippen molar-refractivity contribution in [3.8, 4) is 0 Å². The highest BCUT2D eigenvalue weighted by atomic mass is 35.5. The molecule has 194 valence electrons. The van der Waals surface area contributed by atoms with E-state index in [0.717, 1.165) is 11.3 Å². The lowest BCUT2D eigenvalue weighted by molar-refractivity contribution is -0.154. The molecule has 3 amide bonds. The van der Waals surface area contributed by atoms with E-state index in [0.29, 0.717) is 10.0 Å². The number of ketones is 1. The van der Waals surface area contributed by atoms with Crippen LogP contribution in [-0.2, 0) is 9.59 Å². The van der Waals surface area contributed by atoms with Crippen LogP contribution < -0.4 is 0 Å². The maximum absolute atomic E-state index is 13.8. The van der Waals surface area contributed by atoms with Crippen LogP contribution in [-0.4, -0.2) is 54.1 Å². The topological polar surface area (TPSA) is 74.8 Å². The molecule has 0 spiro atoms. The predicted molar refractivity (Wildman–Crippen MR) is 145 cm³/mol. The summed E-state index contributed by atoms with van der Waals surface area (Å²) in [5, 5.41) is 2.47. The van der Waals surface area contributed by atoms with Crippen molar-refractivity contribution in [3.63, 3.8) is 0 Å². The Bertz CT molecular complexity index is 1380. The molecule has 2 fully saturated rings. The van der Waals surface area contributed by atoms with E-state index >= 15 is 0 Å². The number of Topliss-reactive ketones (excluding diaryl/α,β-unsaturated/α-hetero) is 1. The van der Waals surface area contributed by atoms with E-state index in [2.05, 4.69) is 0 Å². The van der Waals surface area contributed by atoms with Gasteiger partial charge < -0.3 is 0 Å². The monoisotopic (exact) mass is 678 g/mol. The number of amides is 3. The quantitative estimate of drug-likeness (QED) is 0.199. The first-order valence-electron chi connectivity index (χ1n) is 10.2. The Labute approximate surface area is 253 Å². The van der Waals surface area contributed by atoms with E-state index < -0.39 is 56.0 Å². The minimum Gasteiger partial charge on any atom is -0.291 e. The fourth-order valence-electron chi connectivity index (χ4n) is 4.90. The number of fused-ring (bicyclic) bond motifs is 5. The van der Waals surface area contributed by atoms with Crippen molar-refractivity contribution >= 4 is 128 Å². The molecular formula is C22H10Cl8N2O4S. The van der Waals surface area contributed by atoms with Crippen LogP contribution in [0.4, 0.5) is 0 Å². The minimum atomic E-state index is -2.15. The van der Waals surface area contributed by atoms with E-state index in [1.165, 1.54) is 24.3 Å². The van der Waals surface area contributed by atoms with Gasteiger partial charge in [-0.2, -0.15) is 5.01 Å². The van der Waals surface area contributed by atoms with Crippen LogP contribution in [0.5, 0.6) is 0 Å². The zero-order valence-electron chi connectivity index (χ0n) is 17.8. The molecule has 2 aliphatic carbocycles. The summed E-state index contributed by atoms with van der Waals surface area (Å²) in [6, 6.07) is 7.17. The molecule has 1 aliphatic heterocycles. The molecule has 0 N–H and O–H groups in total. The fourth-order valence-corrected chi connectivity index (χ4v) is 8.98. The van der Waals surface area contributed by atoms with Crippen LogP contribution in [0.25, 0.3) is 0 Å². The zero-order valence-corrected chi connectivity index (χ0v) is 24.6. The zero-order chi connectivity index (χ0) is 27.2. The number of hydrazine groups is 1. The first kappa shape index (κ1) is 27.8. The number of carbonyl (C=O) groups excluding carboxylic acids is 4. The second-order valence-corrected chi connectivity index (χ2v) is 13.5. The summed E-state index contributed by atoms with van der Waals surface area (Å²) in [6.45, 7) is -0.693. The van der Waals surface area contributed by atoms with Gasteiger partial charge in [-0.15, -0.1) is 34.5 Å². The normalized spacial score (nSPS) is 29.8. The Morgan fingerprint density at radius 2 is 1.49 bits per heavy atom. The molecule has 15 heteroatoms. The Hall–Kier alpha value is -0.740. The van der Waals surface area contributed by atoms with Crippen molar-refractivity contribution in [3.05, 3.63) is 66.3 Å². The van der Waals surface area contributed by atoms with Gasteiger partial charge in [0.15, 0.2) is 10.1 Å². The first-order valence-corrected chi connectivity index (χ1v) is 14.1. The summed E-state index contributed by atoms with van der Waals surface area (Å²) in [7, 11) is 0. The highest BCUT2D eigenvalue weighted by Gasteiger charge is 2.88. The number of allylic oxidation sites excluding steroid dienone is 2. The van der Waals surface area contributed by atoms with Gasteiger partial charge in [0.1, 0.15) is 16.3 Å². The first-order chi connectivity index (χ1) is 17.2. The fraction of sp³-hybridized carbons (Fsp3) is 0.273. The Balaban J connectivity index is 1.62. The van der Waals surface area contributed by atoms with Crippen LogP contribution in [0.15, 0.2) is 45.8 Å². The predicted octanol–water partition coefficient (Wildman–Crippen LogP) is 6.74. The van der Waals surface area contributed by atoms with Gasteiger partial charge in [0, 0.05) is 5.02 Å². The molecule has 2 heterocycles. The third kappa shape index (κ3) is 3.52. The summed E-state index contributed by atoms with van der Waals surface area (Å²) in [5.41, 5.74) is -0.120. The number of carbonyl (C=O) groups is 4. The highest BCUT2D eigenvalue weighted by Crippen LogP contribution is 2.77. The third-order valence-corrected chi connectivity index (χ3v) is 12.3. The number of hydrogen-bond acceptors (Lipinski definition) is 5. The molecular weight excluding hydrogens is 672 g/mol. The summed E-state index contributed by atoms with van der Waals surface area (Å²) < 4.78 is -2.15. The molecule has 2 bridgehead atoms. The van der Waals surface area contributed by atoms with Gasteiger partial charge in [-0.3, -0.25) is 19.2 Å². The Morgan fingerprint density at radius 1 is 0.919 bits per heavy atom. The number of benzene rings is 1. The molecule has 2 aromatic rings. The third-order valence-electron chi connectivity index (χ3n) is 6.61. The lowest BCUT2D eigenvalue weighted by Gasteiger charge is -2.36. The lowest BCUT2D eigenvalue weighted by Crippen LogP contribution is -2.56. The number of thiophene rings is 1. The van der Waals surface area contributed by atoms with Crippen LogP contribution in [0, 0.1) is 11.8 Å². The van der Waals surface area contributed by atoms with E-state index in [-0.39, 0.29) is 30.6 Å². The van der Waals surface area contributed by atoms with E-state index in [4.69, 9.17) is 92.8 Å². The number of rotatable bonds is 5. The van der Waals surface area contributed by atoms with Gasteiger partial charge in [0.25, 0.3) is 17.7 Å². The number of nitrogens with zero attached hydrogens (tertiary/aromatic N) is 2. The van der Waals surface area contributed by atoms with Crippen molar-refractivity contribution in [2.24, 2.45) is 11.8 Å². The summed E-state index contributed by atoms with van der Waals surface area (Å²) in [4.78, 5) is 50.5. The maximum Gasteiger partial charge on any atom is 0.274 e. The van der Waals surface area contributed by atoms with Crippen molar-refractivity contribution < 1.29 is 19.2 Å². The van der Waals surface area contributed by atoms with E-state index in [1.807, 2.05) is 0 Å². The maximum atomic E-state index is 13.8. The van der Waals surface area contributed by atoms with Gasteiger partial charge >= 0.3 is 0 Å². The van der Waals surface area contributed by atoms with Gasteiger partial charge in [-0.05, 0) is 29.6 Å². The van der Waals surface area contributed by atoms with Crippen molar-refractivity contribution in [2.45, 2.75) is 14.1 Å². The molecule has 6 nitrogen and oxygen atoms in total. The van der Waals surface area contributed by atoms with Crippen LogP contribution in [0.2, 0.25) is 10.0 Å². The molecule has 0 radical (unpaired) electrons. The van der Waals surface area contributed by atoms with E-state index in [1.54, 1.807) is 11.4 Å². The summed E-state index contributed by atoms with van der Waals surface area (Å²) >= 11 is 52.5. The van der Waals surface area contributed by atoms with Gasteiger partial charge in [0.2, 0.25) is 0 Å².